The molecule has 0 amide bonds. The topological polar surface area (TPSA) is 43.8 Å². The molecule has 14 heavy (non-hydrogen) atoms. The molecule has 2 rings (SSSR count). The highest BCUT2D eigenvalue weighted by atomic mass is 19.3. The summed E-state index contributed by atoms with van der Waals surface area (Å²) in [5.41, 5.74) is 7.06. The van der Waals surface area contributed by atoms with Crippen molar-refractivity contribution in [3.05, 3.63) is 11.9 Å². The van der Waals surface area contributed by atoms with Gasteiger partial charge < -0.3 is 5.73 Å². The number of alkyl halides is 2. The van der Waals surface area contributed by atoms with Crippen LogP contribution in [0.25, 0.3) is 0 Å². The molecular weight excluding hydrogens is 188 g/mol. The summed E-state index contributed by atoms with van der Waals surface area (Å²) in [6, 6.07) is 0. The van der Waals surface area contributed by atoms with Crippen molar-refractivity contribution in [2.45, 2.75) is 32.2 Å². The van der Waals surface area contributed by atoms with E-state index in [1.54, 1.807) is 10.9 Å². The van der Waals surface area contributed by atoms with Gasteiger partial charge in [0.25, 0.3) is 5.92 Å². The first-order chi connectivity index (χ1) is 6.50. The van der Waals surface area contributed by atoms with Crippen LogP contribution < -0.4 is 5.73 Å². The maximum absolute atomic E-state index is 12.6. The normalized spacial score (nSPS) is 23.8. The Hall–Kier alpha value is -1.13. The SMILES string of the molecule is Cc1c(N)cnn1CCC1CC1(F)F. The zero-order chi connectivity index (χ0) is 10.3. The van der Waals surface area contributed by atoms with E-state index in [9.17, 15) is 8.78 Å². The first-order valence-electron chi connectivity index (χ1n) is 4.66. The Bertz CT molecular complexity index is 346. The molecule has 0 bridgehead atoms. The molecular formula is C9H13F2N3. The van der Waals surface area contributed by atoms with Crippen molar-refractivity contribution >= 4 is 5.69 Å². The first-order valence-corrected chi connectivity index (χ1v) is 4.66. The largest absolute Gasteiger partial charge is 0.396 e. The van der Waals surface area contributed by atoms with Gasteiger partial charge in [0.05, 0.1) is 17.6 Å². The lowest BCUT2D eigenvalue weighted by Crippen LogP contribution is -2.05. The summed E-state index contributed by atoms with van der Waals surface area (Å²) in [6.45, 7) is 2.37. The average Bonchev–Trinajstić information content (AvgIpc) is 2.60. The van der Waals surface area contributed by atoms with Gasteiger partial charge in [0.15, 0.2) is 0 Å². The van der Waals surface area contributed by atoms with Crippen LogP contribution in [0.4, 0.5) is 14.5 Å². The fourth-order valence-corrected chi connectivity index (χ4v) is 1.55. The Morgan fingerprint density at radius 2 is 2.36 bits per heavy atom. The molecule has 1 aliphatic carbocycles. The van der Waals surface area contributed by atoms with Gasteiger partial charge in [-0.2, -0.15) is 5.10 Å². The number of anilines is 1. The van der Waals surface area contributed by atoms with E-state index in [1.165, 1.54) is 0 Å². The summed E-state index contributed by atoms with van der Waals surface area (Å²) in [7, 11) is 0. The van der Waals surface area contributed by atoms with Gasteiger partial charge in [-0.15, -0.1) is 0 Å². The number of halogens is 2. The van der Waals surface area contributed by atoms with Gasteiger partial charge in [0, 0.05) is 18.9 Å². The molecule has 1 fully saturated rings. The Kier molecular flexibility index (Phi) is 1.97. The monoisotopic (exact) mass is 201 g/mol. The quantitative estimate of drug-likeness (QED) is 0.810. The van der Waals surface area contributed by atoms with E-state index in [-0.39, 0.29) is 6.42 Å². The van der Waals surface area contributed by atoms with Gasteiger partial charge in [-0.1, -0.05) is 0 Å². The van der Waals surface area contributed by atoms with Crippen LogP contribution in [-0.2, 0) is 6.54 Å². The summed E-state index contributed by atoms with van der Waals surface area (Å²) in [4.78, 5) is 0. The number of hydrogen-bond donors (Lipinski definition) is 1. The number of nitrogen functional groups attached to an aromatic ring is 1. The van der Waals surface area contributed by atoms with Crippen LogP contribution >= 0.6 is 0 Å². The van der Waals surface area contributed by atoms with Crippen molar-refractivity contribution in [3.8, 4) is 0 Å². The fraction of sp³-hybridized carbons (Fsp3) is 0.667. The second-order valence-corrected chi connectivity index (χ2v) is 3.86. The van der Waals surface area contributed by atoms with Crippen LogP contribution in [0.3, 0.4) is 0 Å². The second kappa shape index (κ2) is 2.93. The molecule has 0 aromatic carbocycles. The first kappa shape index (κ1) is 9.43. The molecule has 1 heterocycles. The van der Waals surface area contributed by atoms with Crippen LogP contribution in [0.2, 0.25) is 0 Å². The molecule has 3 nitrogen and oxygen atoms in total. The summed E-state index contributed by atoms with van der Waals surface area (Å²) >= 11 is 0. The molecule has 78 valence electrons. The molecule has 1 unspecified atom stereocenters. The lowest BCUT2D eigenvalue weighted by molar-refractivity contribution is 0.0957. The molecule has 0 aliphatic heterocycles. The van der Waals surface area contributed by atoms with Gasteiger partial charge >= 0.3 is 0 Å². The molecule has 1 atom stereocenters. The number of hydrogen-bond acceptors (Lipinski definition) is 2. The summed E-state index contributed by atoms with van der Waals surface area (Å²) < 4.78 is 26.8. The van der Waals surface area contributed by atoms with Gasteiger partial charge in [-0.25, -0.2) is 8.78 Å². The third-order valence-electron chi connectivity index (χ3n) is 2.79. The van der Waals surface area contributed by atoms with Gasteiger partial charge in [-0.05, 0) is 13.3 Å². The number of aryl methyl sites for hydroxylation is 1. The van der Waals surface area contributed by atoms with E-state index < -0.39 is 11.8 Å². The van der Waals surface area contributed by atoms with Crippen molar-refractivity contribution in [2.24, 2.45) is 5.92 Å². The highest BCUT2D eigenvalue weighted by molar-refractivity contribution is 5.39. The van der Waals surface area contributed by atoms with Crippen LogP contribution in [-0.4, -0.2) is 15.7 Å². The van der Waals surface area contributed by atoms with Crippen molar-refractivity contribution in [1.82, 2.24) is 9.78 Å². The summed E-state index contributed by atoms with van der Waals surface area (Å²) in [5.74, 6) is -2.88. The van der Waals surface area contributed by atoms with Gasteiger partial charge in [-0.3, -0.25) is 4.68 Å². The van der Waals surface area contributed by atoms with E-state index >= 15 is 0 Å². The molecule has 0 spiro atoms. The smallest absolute Gasteiger partial charge is 0.251 e. The number of nitrogens with zero attached hydrogens (tertiary/aromatic N) is 2. The van der Waals surface area contributed by atoms with E-state index in [0.717, 1.165) is 5.69 Å². The standard InChI is InChI=1S/C9H13F2N3/c1-6-8(12)5-13-14(6)3-2-7-4-9(7,10)11/h5,7H,2-4,12H2,1H3. The van der Waals surface area contributed by atoms with Crippen LogP contribution in [0.1, 0.15) is 18.5 Å². The minimum atomic E-state index is -2.42. The average molecular weight is 201 g/mol. The maximum atomic E-state index is 12.6. The van der Waals surface area contributed by atoms with Crippen molar-refractivity contribution in [1.29, 1.82) is 0 Å². The second-order valence-electron chi connectivity index (χ2n) is 3.86. The summed E-state index contributed by atoms with van der Waals surface area (Å²) in [6.07, 6.45) is 2.07. The molecule has 1 aliphatic rings. The van der Waals surface area contributed by atoms with E-state index in [4.69, 9.17) is 5.73 Å². The van der Waals surface area contributed by atoms with E-state index in [2.05, 4.69) is 5.10 Å². The molecule has 1 saturated carbocycles. The highest BCUT2D eigenvalue weighted by Gasteiger charge is 2.55. The predicted molar refractivity (Wildman–Crippen MR) is 49.0 cm³/mol. The van der Waals surface area contributed by atoms with Crippen molar-refractivity contribution in [3.63, 3.8) is 0 Å². The van der Waals surface area contributed by atoms with Gasteiger partial charge in [0.1, 0.15) is 0 Å². The molecule has 5 heteroatoms. The van der Waals surface area contributed by atoms with Crippen LogP contribution in [0.5, 0.6) is 0 Å². The molecule has 0 radical (unpaired) electrons. The zero-order valence-corrected chi connectivity index (χ0v) is 8.00. The van der Waals surface area contributed by atoms with Crippen molar-refractivity contribution in [2.75, 3.05) is 5.73 Å². The predicted octanol–water partition coefficient (Wildman–Crippen LogP) is 1.82. The number of nitrogens with two attached hydrogens (primary N) is 1. The zero-order valence-electron chi connectivity index (χ0n) is 8.00. The Labute approximate surface area is 80.9 Å². The lowest BCUT2D eigenvalue weighted by Gasteiger charge is -2.03. The third kappa shape index (κ3) is 1.58. The maximum Gasteiger partial charge on any atom is 0.251 e. The minimum absolute atomic E-state index is 0.0306. The minimum Gasteiger partial charge on any atom is -0.396 e. The Morgan fingerprint density at radius 3 is 2.79 bits per heavy atom. The van der Waals surface area contributed by atoms with Crippen LogP contribution in [0.15, 0.2) is 6.20 Å². The molecule has 1 aromatic heterocycles. The Balaban J connectivity index is 1.90. The van der Waals surface area contributed by atoms with Crippen LogP contribution in [0, 0.1) is 12.8 Å². The molecule has 2 N–H and O–H groups in total. The van der Waals surface area contributed by atoms with E-state index in [1.807, 2.05) is 6.92 Å². The molecule has 1 aromatic rings. The van der Waals surface area contributed by atoms with E-state index in [0.29, 0.717) is 18.7 Å². The van der Waals surface area contributed by atoms with Crippen molar-refractivity contribution < 1.29 is 8.78 Å². The fourth-order valence-electron chi connectivity index (χ4n) is 1.55. The Morgan fingerprint density at radius 1 is 1.71 bits per heavy atom. The molecule has 0 saturated heterocycles. The number of aromatic nitrogens is 2. The van der Waals surface area contributed by atoms with Gasteiger partial charge in [0.2, 0.25) is 0 Å². The summed E-state index contributed by atoms with van der Waals surface area (Å²) in [5, 5.41) is 4.01. The lowest BCUT2D eigenvalue weighted by atomic mass is 10.3. The third-order valence-corrected chi connectivity index (χ3v) is 2.79. The highest BCUT2D eigenvalue weighted by Crippen LogP contribution is 2.50. The number of rotatable bonds is 3.